The van der Waals surface area contributed by atoms with Crippen LogP contribution in [-0.4, -0.2) is 99.7 Å². The van der Waals surface area contributed by atoms with Gasteiger partial charge in [-0.25, -0.2) is 0 Å². The van der Waals surface area contributed by atoms with Crippen molar-refractivity contribution < 1.29 is 53.7 Å². The summed E-state index contributed by atoms with van der Waals surface area (Å²) in [5.41, 5.74) is 1.82. The Balaban J connectivity index is 1.11. The monoisotopic (exact) mass is 674 g/mol. The van der Waals surface area contributed by atoms with E-state index in [0.717, 1.165) is 32.1 Å². The van der Waals surface area contributed by atoms with Crippen LogP contribution in [0.4, 0.5) is 0 Å². The van der Waals surface area contributed by atoms with Crippen LogP contribution < -0.4 is 0 Å². The molecule has 0 bridgehead atoms. The first-order valence-electron chi connectivity index (χ1n) is 18.1. The maximum absolute atomic E-state index is 13.7. The van der Waals surface area contributed by atoms with Crippen molar-refractivity contribution in [1.82, 2.24) is 0 Å². The lowest BCUT2D eigenvalue weighted by atomic mass is 9.51. The second-order valence-corrected chi connectivity index (χ2v) is 16.6. The fraction of sp³-hybridized carbons (Fsp3) is 0.838. The molecule has 2 saturated carbocycles. The first-order valence-corrected chi connectivity index (χ1v) is 18.1. The second-order valence-electron chi connectivity index (χ2n) is 16.6. The van der Waals surface area contributed by atoms with Crippen LogP contribution in [0.2, 0.25) is 0 Å². The SMILES string of the molecule is CC(=O)O[C@@H]1C[C@H]2C3=CC[C@H]4C[C@@H](O[C@@H]5O[C@H](CO)[C@@H](O)[C@H](O)[C@H]5O)CC[C@]4(C)C3=CC[C@]2(C)[C@H]1[C@H]1C[C@@H]([C@]2(C(C)C)O[C@H]2C)OC1=O. The number of carbonyl (C=O) groups is 2. The summed E-state index contributed by atoms with van der Waals surface area (Å²) < 4.78 is 30.1. The molecule has 4 N–H and O–H groups in total. The van der Waals surface area contributed by atoms with Gasteiger partial charge >= 0.3 is 11.9 Å². The van der Waals surface area contributed by atoms with Crippen LogP contribution in [0.1, 0.15) is 86.5 Å². The van der Waals surface area contributed by atoms with Crippen LogP contribution in [-0.2, 0) is 33.3 Å². The number of allylic oxidation sites excluding steroid dienone is 4. The van der Waals surface area contributed by atoms with Gasteiger partial charge in [0.2, 0.25) is 0 Å². The molecule has 7 rings (SSSR count). The van der Waals surface area contributed by atoms with Crippen molar-refractivity contribution in [1.29, 1.82) is 0 Å². The predicted octanol–water partition coefficient (Wildman–Crippen LogP) is 2.96. The van der Waals surface area contributed by atoms with Crippen molar-refractivity contribution >= 4 is 11.9 Å². The number of aliphatic hydroxyl groups excluding tert-OH is 4. The van der Waals surface area contributed by atoms with E-state index in [1.54, 1.807) is 0 Å². The number of aliphatic hydroxyl groups is 4. The van der Waals surface area contributed by atoms with Gasteiger partial charge in [-0.3, -0.25) is 9.59 Å². The molecule has 11 heteroatoms. The van der Waals surface area contributed by atoms with Gasteiger partial charge in [0, 0.05) is 19.3 Å². The van der Waals surface area contributed by atoms with Gasteiger partial charge < -0.3 is 44.1 Å². The van der Waals surface area contributed by atoms with Crippen molar-refractivity contribution in [2.75, 3.05) is 6.61 Å². The van der Waals surface area contributed by atoms with E-state index in [1.165, 1.54) is 18.1 Å². The maximum Gasteiger partial charge on any atom is 0.309 e. The Bertz CT molecular complexity index is 1360. The highest BCUT2D eigenvalue weighted by atomic mass is 16.7. The molecule has 11 nitrogen and oxygen atoms in total. The van der Waals surface area contributed by atoms with Crippen LogP contribution in [0.15, 0.2) is 23.3 Å². The van der Waals surface area contributed by atoms with Crippen LogP contribution in [0.25, 0.3) is 0 Å². The minimum atomic E-state index is -1.47. The number of cyclic esters (lactones) is 1. The van der Waals surface area contributed by atoms with E-state index in [4.69, 9.17) is 23.7 Å². The number of rotatable bonds is 7. The summed E-state index contributed by atoms with van der Waals surface area (Å²) in [6.07, 6.45) is 2.57. The number of hydrogen-bond acceptors (Lipinski definition) is 11. The molecular weight excluding hydrogens is 620 g/mol. The molecule has 48 heavy (non-hydrogen) atoms. The molecule has 16 atom stereocenters. The Hall–Kier alpha value is -1.86. The summed E-state index contributed by atoms with van der Waals surface area (Å²) in [6.45, 7) is 11.8. The van der Waals surface area contributed by atoms with Gasteiger partial charge in [-0.05, 0) is 85.2 Å². The van der Waals surface area contributed by atoms with E-state index in [2.05, 4.69) is 39.8 Å². The number of ether oxygens (including phenoxy) is 5. The van der Waals surface area contributed by atoms with E-state index >= 15 is 0 Å². The third-order valence-corrected chi connectivity index (χ3v) is 13.8. The Labute approximate surface area is 283 Å². The summed E-state index contributed by atoms with van der Waals surface area (Å²) in [5, 5.41) is 40.6. The van der Waals surface area contributed by atoms with Gasteiger partial charge in [0.1, 0.15) is 42.2 Å². The fourth-order valence-electron chi connectivity index (χ4n) is 11.2. The molecular formula is C37H54O11. The first kappa shape index (κ1) is 34.6. The number of esters is 2. The number of epoxide rings is 1. The van der Waals surface area contributed by atoms with Crippen LogP contribution >= 0.6 is 0 Å². The van der Waals surface area contributed by atoms with Gasteiger partial charge in [-0.15, -0.1) is 0 Å². The minimum Gasteiger partial charge on any atom is -0.462 e. The molecule has 0 spiro atoms. The zero-order valence-corrected chi connectivity index (χ0v) is 29.0. The van der Waals surface area contributed by atoms with E-state index in [-0.39, 0.29) is 76.8 Å². The van der Waals surface area contributed by atoms with E-state index < -0.39 is 42.9 Å². The topological polar surface area (TPSA) is 165 Å². The van der Waals surface area contributed by atoms with Gasteiger partial charge in [0.05, 0.1) is 24.7 Å². The van der Waals surface area contributed by atoms with Crippen molar-refractivity contribution in [3.63, 3.8) is 0 Å². The summed E-state index contributed by atoms with van der Waals surface area (Å²) in [5.74, 6) is -0.463. The average molecular weight is 675 g/mol. The summed E-state index contributed by atoms with van der Waals surface area (Å²) >= 11 is 0. The molecule has 3 saturated heterocycles. The normalized spacial score (nSPS) is 51.3. The predicted molar refractivity (Wildman–Crippen MR) is 171 cm³/mol. The van der Waals surface area contributed by atoms with Crippen molar-refractivity contribution in [3.05, 3.63) is 23.3 Å². The first-order chi connectivity index (χ1) is 22.6. The molecule has 5 fully saturated rings. The molecule has 4 aliphatic carbocycles. The minimum absolute atomic E-state index is 0.0317. The zero-order valence-electron chi connectivity index (χ0n) is 29.0. The Kier molecular flexibility index (Phi) is 8.74. The number of hydrogen-bond donors (Lipinski definition) is 4. The highest BCUT2D eigenvalue weighted by Gasteiger charge is 2.68. The van der Waals surface area contributed by atoms with Crippen molar-refractivity contribution in [2.45, 2.75) is 147 Å². The molecule has 0 amide bonds. The van der Waals surface area contributed by atoms with Crippen molar-refractivity contribution in [2.24, 2.45) is 40.4 Å². The second kappa shape index (κ2) is 12.1. The highest BCUT2D eigenvalue weighted by Crippen LogP contribution is 2.66. The van der Waals surface area contributed by atoms with Gasteiger partial charge in [-0.1, -0.05) is 39.8 Å². The van der Waals surface area contributed by atoms with Gasteiger partial charge in [0.25, 0.3) is 0 Å². The quantitative estimate of drug-likeness (QED) is 0.232. The smallest absolute Gasteiger partial charge is 0.309 e. The van der Waals surface area contributed by atoms with E-state index in [9.17, 15) is 30.0 Å². The largest absolute Gasteiger partial charge is 0.462 e. The van der Waals surface area contributed by atoms with Gasteiger partial charge in [0.15, 0.2) is 6.29 Å². The van der Waals surface area contributed by atoms with Crippen LogP contribution in [0.5, 0.6) is 0 Å². The Morgan fingerprint density at radius 3 is 2.46 bits per heavy atom. The third-order valence-electron chi connectivity index (χ3n) is 13.8. The fourth-order valence-corrected chi connectivity index (χ4v) is 11.2. The van der Waals surface area contributed by atoms with Crippen LogP contribution in [0, 0.1) is 40.4 Å². The molecule has 0 aromatic heterocycles. The van der Waals surface area contributed by atoms with E-state index in [1.807, 2.05) is 6.92 Å². The molecule has 268 valence electrons. The lowest BCUT2D eigenvalue weighted by Crippen LogP contribution is -2.60. The lowest BCUT2D eigenvalue weighted by Gasteiger charge is -2.54. The molecule has 7 aliphatic rings. The molecule has 0 aromatic rings. The van der Waals surface area contributed by atoms with E-state index in [0.29, 0.717) is 12.8 Å². The number of carbonyl (C=O) groups excluding carboxylic acids is 2. The number of fused-ring (bicyclic) bond motifs is 5. The summed E-state index contributed by atoms with van der Waals surface area (Å²) in [7, 11) is 0. The molecule has 0 radical (unpaired) electrons. The standard InChI is InChI=1S/C37H54O11/c1-17(2)37(18(3)48-37)28-14-23(33(43)47-28)29-26(44-19(4)39)15-25-22-8-7-20-13-21(9-11-35(20,5)24(22)10-12-36(25,29)6)45-34-32(42)31(41)30(40)27(16-38)46-34/h8,10,17-18,20-21,23,25-32,34,38,40-42H,7,9,11-16H2,1-6H3/t18-,20-,21-,23+,25-,26+,27+,28-,29-,30+,31-,32+,34+,35-,36-,37+/m0/s1. The molecule has 0 aromatic carbocycles. The van der Waals surface area contributed by atoms with Crippen LogP contribution in [0.3, 0.4) is 0 Å². The molecule has 0 unspecified atom stereocenters. The maximum atomic E-state index is 13.7. The summed E-state index contributed by atoms with van der Waals surface area (Å²) in [4.78, 5) is 26.1. The third kappa shape index (κ3) is 5.16. The molecule has 3 heterocycles. The molecule has 3 aliphatic heterocycles. The van der Waals surface area contributed by atoms with Crippen molar-refractivity contribution in [3.8, 4) is 0 Å². The Morgan fingerprint density at radius 1 is 1.08 bits per heavy atom. The lowest BCUT2D eigenvalue weighted by molar-refractivity contribution is -0.314. The average Bonchev–Trinajstić information content (AvgIpc) is 3.45. The van der Waals surface area contributed by atoms with Gasteiger partial charge in [-0.2, -0.15) is 0 Å². The Morgan fingerprint density at radius 2 is 1.81 bits per heavy atom. The summed E-state index contributed by atoms with van der Waals surface area (Å²) in [6, 6.07) is 0. The zero-order chi connectivity index (χ0) is 34.5. The highest BCUT2D eigenvalue weighted by molar-refractivity contribution is 5.76.